The van der Waals surface area contributed by atoms with Crippen molar-refractivity contribution >= 4 is 68.7 Å². The molecule has 9 nitrogen and oxygen atoms in total. The highest BCUT2D eigenvalue weighted by Crippen LogP contribution is 2.65. The third-order valence-corrected chi connectivity index (χ3v) is 10.0. The number of aromatic hydroxyl groups is 1. The van der Waals surface area contributed by atoms with E-state index in [1.165, 1.54) is 12.1 Å². The van der Waals surface area contributed by atoms with Crippen LogP contribution in [0.3, 0.4) is 0 Å². The van der Waals surface area contributed by atoms with Crippen LogP contribution in [0.4, 0.5) is 0 Å². The molecule has 0 bridgehead atoms. The number of rotatable bonds is 6. The molecule has 1 aromatic carbocycles. The molecule has 4 aliphatic rings. The number of carbonyl (C=O) groups excluding carboxylic acids is 4. The first-order valence-corrected chi connectivity index (χ1v) is 13.7. The molecular formula is C25H23BrCl2N2O7. The Bertz CT molecular complexity index is 1250. The lowest BCUT2D eigenvalue weighted by Crippen LogP contribution is -2.60. The zero-order chi connectivity index (χ0) is 26.9. The van der Waals surface area contributed by atoms with Crippen molar-refractivity contribution in [3.05, 3.63) is 41.5 Å². The summed E-state index contributed by atoms with van der Waals surface area (Å²) in [6, 6.07) is 6.09. The van der Waals surface area contributed by atoms with E-state index in [0.29, 0.717) is 11.1 Å². The second kappa shape index (κ2) is 9.10. The minimum atomic E-state index is -1.89. The highest BCUT2D eigenvalue weighted by atomic mass is 79.9. The van der Waals surface area contributed by atoms with Gasteiger partial charge in [-0.3, -0.25) is 33.8 Å². The number of hydrogen-bond donors (Lipinski definition) is 2. The number of carbonyl (C=O) groups is 5. The maximum Gasteiger partial charge on any atom is 0.303 e. The molecule has 37 heavy (non-hydrogen) atoms. The van der Waals surface area contributed by atoms with Crippen molar-refractivity contribution in [2.75, 3.05) is 12.0 Å². The van der Waals surface area contributed by atoms with E-state index in [1.807, 2.05) is 6.08 Å². The summed E-state index contributed by atoms with van der Waals surface area (Å²) in [4.78, 5) is 63.1. The number of hydrogen-bond acceptors (Lipinski definition) is 6. The molecule has 1 saturated carbocycles. The van der Waals surface area contributed by atoms with Crippen LogP contribution in [-0.2, 0) is 24.0 Å². The van der Waals surface area contributed by atoms with E-state index < -0.39 is 57.1 Å². The number of phenolic OH excluding ortho intramolecular Hbond substituents is 1. The lowest BCUT2D eigenvalue weighted by Gasteiger charge is -2.50. The number of likely N-dealkylation sites (tertiary alicyclic amines) is 2. The smallest absolute Gasteiger partial charge is 0.303 e. The van der Waals surface area contributed by atoms with E-state index in [0.717, 1.165) is 9.80 Å². The van der Waals surface area contributed by atoms with Gasteiger partial charge in [0, 0.05) is 18.9 Å². The van der Waals surface area contributed by atoms with Crippen LogP contribution < -0.4 is 0 Å². The van der Waals surface area contributed by atoms with Crippen LogP contribution in [0.5, 0.6) is 5.75 Å². The molecule has 2 saturated heterocycles. The molecule has 0 radical (unpaired) electrons. The monoisotopic (exact) mass is 612 g/mol. The van der Waals surface area contributed by atoms with Crippen molar-refractivity contribution < 1.29 is 34.2 Å². The van der Waals surface area contributed by atoms with Crippen LogP contribution in [0.15, 0.2) is 35.9 Å². The second-order valence-electron chi connectivity index (χ2n) is 9.90. The van der Waals surface area contributed by atoms with E-state index in [2.05, 4.69) is 15.9 Å². The van der Waals surface area contributed by atoms with Crippen molar-refractivity contribution in [2.24, 2.45) is 17.8 Å². The summed E-state index contributed by atoms with van der Waals surface area (Å²) >= 11 is 17.4. The number of nitrogens with zero attached hydrogens (tertiary/aromatic N) is 2. The third kappa shape index (κ3) is 3.59. The molecule has 0 unspecified atom stereocenters. The van der Waals surface area contributed by atoms with Gasteiger partial charge >= 0.3 is 5.97 Å². The number of imide groups is 2. The molecular weight excluding hydrogens is 591 g/mol. The first-order chi connectivity index (χ1) is 17.5. The van der Waals surface area contributed by atoms with Gasteiger partial charge in [-0.2, -0.15) is 0 Å². The fraction of sp³-hybridized carbons (Fsp3) is 0.480. The molecule has 12 heteroatoms. The zero-order valence-corrected chi connectivity index (χ0v) is 22.5. The summed E-state index contributed by atoms with van der Waals surface area (Å²) in [5, 5.41) is 18.8. The fourth-order valence-electron chi connectivity index (χ4n) is 6.47. The van der Waals surface area contributed by atoms with Crippen molar-refractivity contribution in [3.63, 3.8) is 0 Å². The predicted octanol–water partition coefficient (Wildman–Crippen LogP) is 2.97. The lowest BCUT2D eigenvalue weighted by molar-refractivity contribution is -0.142. The number of amides is 4. The van der Waals surface area contributed by atoms with Gasteiger partial charge in [-0.15, -0.1) is 23.2 Å². The van der Waals surface area contributed by atoms with Gasteiger partial charge in [0.1, 0.15) is 5.75 Å². The second-order valence-corrected chi connectivity index (χ2v) is 11.6. The minimum Gasteiger partial charge on any atom is -0.508 e. The first-order valence-electron chi connectivity index (χ1n) is 11.8. The minimum absolute atomic E-state index is 0.000893. The Labute approximate surface area is 230 Å². The van der Waals surface area contributed by atoms with Gasteiger partial charge in [0.05, 0.1) is 17.3 Å². The van der Waals surface area contributed by atoms with E-state index in [1.54, 1.807) is 12.1 Å². The number of alkyl halides is 3. The number of allylic oxidation sites excluding steroid dienone is 2. The summed E-state index contributed by atoms with van der Waals surface area (Å²) < 4.78 is 0. The molecule has 2 heterocycles. The lowest BCUT2D eigenvalue weighted by atomic mass is 9.56. The van der Waals surface area contributed by atoms with Crippen LogP contribution in [0.25, 0.3) is 0 Å². The van der Waals surface area contributed by atoms with Gasteiger partial charge in [-0.25, -0.2) is 0 Å². The average Bonchev–Trinajstić information content (AvgIpc) is 3.18. The molecule has 6 atom stereocenters. The molecule has 4 amide bonds. The average molecular weight is 614 g/mol. The van der Waals surface area contributed by atoms with Crippen LogP contribution in [0.1, 0.15) is 37.2 Å². The summed E-state index contributed by atoms with van der Waals surface area (Å²) in [5.74, 6) is -6.18. The Morgan fingerprint density at radius 2 is 1.70 bits per heavy atom. The molecule has 3 fully saturated rings. The fourth-order valence-corrected chi connectivity index (χ4v) is 7.89. The first kappa shape index (κ1) is 26.2. The summed E-state index contributed by atoms with van der Waals surface area (Å²) in [6.45, 7) is -0.0132. The molecule has 0 spiro atoms. The van der Waals surface area contributed by atoms with Gasteiger partial charge < -0.3 is 10.2 Å². The van der Waals surface area contributed by atoms with E-state index in [9.17, 15) is 29.1 Å². The van der Waals surface area contributed by atoms with Crippen molar-refractivity contribution in [3.8, 4) is 5.75 Å². The van der Waals surface area contributed by atoms with E-state index >= 15 is 0 Å². The maximum absolute atomic E-state index is 13.6. The summed E-state index contributed by atoms with van der Waals surface area (Å²) in [5.41, 5.74) is 1.09. The van der Waals surface area contributed by atoms with Crippen LogP contribution in [0, 0.1) is 17.8 Å². The molecule has 2 aliphatic carbocycles. The van der Waals surface area contributed by atoms with Crippen LogP contribution in [0.2, 0.25) is 0 Å². The standard InChI is InChI=1S/C25H23BrCl2N2O7/c26-11-30-22(36)24(27)10-16-14(19(25(24,28)23(30)37)12-3-5-13(31)6-4-12)7-8-15-18(16)21(35)29(20(15)34)9-1-2-17(32)33/h3-7,15-16,18-19,31H,1-2,8-11H2,(H,32,33)/t15-,16+,18-,19-,24+,25-/m0/s1. The maximum atomic E-state index is 13.6. The Morgan fingerprint density at radius 1 is 1.03 bits per heavy atom. The van der Waals surface area contributed by atoms with E-state index in [4.69, 9.17) is 28.3 Å². The number of aliphatic carboxylic acids is 1. The van der Waals surface area contributed by atoms with E-state index in [-0.39, 0.29) is 49.3 Å². The van der Waals surface area contributed by atoms with Gasteiger partial charge in [0.25, 0.3) is 11.8 Å². The Morgan fingerprint density at radius 3 is 2.32 bits per heavy atom. The molecule has 196 valence electrons. The molecule has 2 N–H and O–H groups in total. The summed E-state index contributed by atoms with van der Waals surface area (Å²) in [6.07, 6.45) is 1.89. The predicted molar refractivity (Wildman–Crippen MR) is 135 cm³/mol. The van der Waals surface area contributed by atoms with Gasteiger partial charge in [-0.05, 0) is 42.9 Å². The Balaban J connectivity index is 1.61. The van der Waals surface area contributed by atoms with Crippen LogP contribution in [-0.4, -0.2) is 71.4 Å². The van der Waals surface area contributed by atoms with Crippen molar-refractivity contribution in [2.45, 2.75) is 41.3 Å². The van der Waals surface area contributed by atoms with Gasteiger partial charge in [0.2, 0.25) is 11.8 Å². The third-order valence-electron chi connectivity index (χ3n) is 8.10. The highest BCUT2D eigenvalue weighted by molar-refractivity contribution is 9.09. The number of carboxylic acid groups (broad SMARTS) is 1. The SMILES string of the molecule is O=C(O)CCCN1C(=O)[C@H]2[C@H](CC=C3[C@H]2C[C@@]2(Cl)C(=O)N(CBr)C(=O)[C@@]2(Cl)[C@H]3c2ccc(O)cc2)C1=O. The molecule has 1 aromatic rings. The topological polar surface area (TPSA) is 132 Å². The van der Waals surface area contributed by atoms with Crippen molar-refractivity contribution in [1.29, 1.82) is 0 Å². The number of carboxylic acids is 1. The number of benzene rings is 1. The quantitative estimate of drug-likeness (QED) is 0.218. The molecule has 5 rings (SSSR count). The van der Waals surface area contributed by atoms with Gasteiger partial charge in [0.15, 0.2) is 9.75 Å². The highest BCUT2D eigenvalue weighted by Gasteiger charge is 2.76. The molecule has 0 aromatic heterocycles. The van der Waals surface area contributed by atoms with Crippen molar-refractivity contribution in [1.82, 2.24) is 9.80 Å². The molecule has 2 aliphatic heterocycles. The number of fused-ring (bicyclic) bond motifs is 4. The Kier molecular flexibility index (Phi) is 6.44. The van der Waals surface area contributed by atoms with Crippen LogP contribution >= 0.6 is 39.1 Å². The largest absolute Gasteiger partial charge is 0.508 e. The zero-order valence-electron chi connectivity index (χ0n) is 19.4. The summed E-state index contributed by atoms with van der Waals surface area (Å²) in [7, 11) is 0. The number of phenols is 1. The number of halogens is 3. The van der Waals surface area contributed by atoms with Gasteiger partial charge in [-0.1, -0.05) is 39.7 Å². The Hall–Kier alpha value is -2.43. The normalized spacial score (nSPS) is 34.8.